The van der Waals surface area contributed by atoms with E-state index < -0.39 is 0 Å². The molecular formula is C17H18O2S. The van der Waals surface area contributed by atoms with Crippen molar-refractivity contribution < 1.29 is 9.53 Å². The summed E-state index contributed by atoms with van der Waals surface area (Å²) in [7, 11) is 0. The molecule has 2 nitrogen and oxygen atoms in total. The summed E-state index contributed by atoms with van der Waals surface area (Å²) in [6, 6.07) is 10.1. The molecular weight excluding hydrogens is 268 g/mol. The molecule has 2 aromatic rings. The fourth-order valence-electron chi connectivity index (χ4n) is 2.62. The first kappa shape index (κ1) is 13.4. The molecule has 1 aromatic carbocycles. The average Bonchev–Trinajstić information content (AvgIpc) is 2.94. The van der Waals surface area contributed by atoms with Crippen molar-refractivity contribution in [1.82, 2.24) is 0 Å². The van der Waals surface area contributed by atoms with Crippen LogP contribution in [0.2, 0.25) is 0 Å². The molecule has 0 N–H and O–H groups in total. The lowest BCUT2D eigenvalue weighted by Gasteiger charge is -2.18. The number of rotatable bonds is 4. The van der Waals surface area contributed by atoms with Crippen molar-refractivity contribution >= 4 is 17.1 Å². The molecule has 0 amide bonds. The van der Waals surface area contributed by atoms with E-state index in [4.69, 9.17) is 4.74 Å². The molecule has 0 unspecified atom stereocenters. The SMILES string of the molecule is CCc1ccc(COc2cccc3c2CCCC3=O)s1. The third kappa shape index (κ3) is 2.63. The van der Waals surface area contributed by atoms with Gasteiger partial charge in [0.2, 0.25) is 0 Å². The van der Waals surface area contributed by atoms with Crippen molar-refractivity contribution in [3.05, 3.63) is 51.2 Å². The number of Topliss-reactive ketones (excluding diaryl/α,β-unsaturated/α-hetero) is 1. The van der Waals surface area contributed by atoms with E-state index in [1.54, 1.807) is 11.3 Å². The number of benzene rings is 1. The van der Waals surface area contributed by atoms with E-state index in [2.05, 4.69) is 19.1 Å². The quantitative estimate of drug-likeness (QED) is 0.832. The Morgan fingerprint density at radius 2 is 2.00 bits per heavy atom. The zero-order chi connectivity index (χ0) is 13.9. The molecule has 0 radical (unpaired) electrons. The molecule has 0 spiro atoms. The van der Waals surface area contributed by atoms with Crippen molar-refractivity contribution in [2.75, 3.05) is 0 Å². The Hall–Kier alpha value is -1.61. The van der Waals surface area contributed by atoms with Gasteiger partial charge in [0.25, 0.3) is 0 Å². The van der Waals surface area contributed by atoms with Gasteiger partial charge in [0.05, 0.1) is 0 Å². The van der Waals surface area contributed by atoms with Crippen LogP contribution in [-0.2, 0) is 19.4 Å². The summed E-state index contributed by atoms with van der Waals surface area (Å²) >= 11 is 1.80. The zero-order valence-electron chi connectivity index (χ0n) is 11.6. The van der Waals surface area contributed by atoms with Crippen molar-refractivity contribution in [2.24, 2.45) is 0 Å². The molecule has 0 aliphatic heterocycles. The van der Waals surface area contributed by atoms with Crippen LogP contribution >= 0.6 is 11.3 Å². The number of thiophene rings is 1. The number of hydrogen-bond acceptors (Lipinski definition) is 3. The fourth-order valence-corrected chi connectivity index (χ4v) is 3.49. The van der Waals surface area contributed by atoms with E-state index in [0.29, 0.717) is 13.0 Å². The van der Waals surface area contributed by atoms with E-state index in [-0.39, 0.29) is 5.78 Å². The summed E-state index contributed by atoms with van der Waals surface area (Å²) in [5, 5.41) is 0. The standard InChI is InChI=1S/C17H18O2S/c1-2-12-9-10-13(20-12)11-19-17-8-4-5-14-15(17)6-3-7-16(14)18/h4-5,8-10H,2-3,6-7,11H2,1H3. The molecule has 1 heterocycles. The summed E-state index contributed by atoms with van der Waals surface area (Å²) < 4.78 is 5.95. The molecule has 3 rings (SSSR count). The van der Waals surface area contributed by atoms with Gasteiger partial charge in [-0.2, -0.15) is 0 Å². The number of aryl methyl sites for hydroxylation is 1. The first-order chi connectivity index (χ1) is 9.78. The van der Waals surface area contributed by atoms with Gasteiger partial charge in [-0.1, -0.05) is 19.1 Å². The van der Waals surface area contributed by atoms with Crippen molar-refractivity contribution in [3.8, 4) is 5.75 Å². The maximum atomic E-state index is 11.9. The molecule has 1 aromatic heterocycles. The Morgan fingerprint density at radius 1 is 1.15 bits per heavy atom. The normalized spacial score (nSPS) is 14.2. The van der Waals surface area contributed by atoms with E-state index >= 15 is 0 Å². The lowest BCUT2D eigenvalue weighted by Crippen LogP contribution is -2.12. The fraction of sp³-hybridized carbons (Fsp3) is 0.353. The van der Waals surface area contributed by atoms with Crippen LogP contribution in [0.1, 0.15) is 45.4 Å². The average molecular weight is 286 g/mol. The Kier molecular flexibility index (Phi) is 3.88. The van der Waals surface area contributed by atoms with Crippen LogP contribution in [0, 0.1) is 0 Å². The molecule has 0 saturated heterocycles. The highest BCUT2D eigenvalue weighted by molar-refractivity contribution is 7.11. The lowest BCUT2D eigenvalue weighted by atomic mass is 9.90. The van der Waals surface area contributed by atoms with Crippen molar-refractivity contribution in [1.29, 1.82) is 0 Å². The first-order valence-corrected chi connectivity index (χ1v) is 7.95. The Morgan fingerprint density at radius 3 is 2.80 bits per heavy atom. The Bertz CT molecular complexity index is 628. The lowest BCUT2D eigenvalue weighted by molar-refractivity contribution is 0.0971. The number of fused-ring (bicyclic) bond motifs is 1. The number of ketones is 1. The predicted molar refractivity (Wildman–Crippen MR) is 81.7 cm³/mol. The third-order valence-electron chi connectivity index (χ3n) is 3.70. The van der Waals surface area contributed by atoms with Crippen LogP contribution in [0.3, 0.4) is 0 Å². The third-order valence-corrected chi connectivity index (χ3v) is 4.90. The maximum Gasteiger partial charge on any atom is 0.163 e. The van der Waals surface area contributed by atoms with Gasteiger partial charge in [-0.15, -0.1) is 11.3 Å². The highest BCUT2D eigenvalue weighted by atomic mass is 32.1. The summed E-state index contributed by atoms with van der Waals surface area (Å²) in [5.41, 5.74) is 1.95. The summed E-state index contributed by atoms with van der Waals surface area (Å²) in [4.78, 5) is 14.5. The molecule has 104 valence electrons. The van der Waals surface area contributed by atoms with Gasteiger partial charge < -0.3 is 4.74 Å². The van der Waals surface area contributed by atoms with E-state index in [1.165, 1.54) is 9.75 Å². The smallest absolute Gasteiger partial charge is 0.163 e. The molecule has 0 atom stereocenters. The van der Waals surface area contributed by atoms with Crippen molar-refractivity contribution in [3.63, 3.8) is 0 Å². The van der Waals surface area contributed by atoms with Gasteiger partial charge in [-0.05, 0) is 37.5 Å². The highest BCUT2D eigenvalue weighted by Gasteiger charge is 2.20. The minimum atomic E-state index is 0.251. The van der Waals surface area contributed by atoms with Crippen LogP contribution in [0.4, 0.5) is 0 Å². The molecule has 0 fully saturated rings. The highest BCUT2D eigenvalue weighted by Crippen LogP contribution is 2.30. The number of hydrogen-bond donors (Lipinski definition) is 0. The van der Waals surface area contributed by atoms with E-state index in [1.807, 2.05) is 18.2 Å². The monoisotopic (exact) mass is 286 g/mol. The van der Waals surface area contributed by atoms with Crippen molar-refractivity contribution in [2.45, 2.75) is 39.2 Å². The minimum Gasteiger partial charge on any atom is -0.488 e. The molecule has 3 heteroatoms. The first-order valence-electron chi connectivity index (χ1n) is 7.13. The van der Waals surface area contributed by atoms with Crippen LogP contribution in [-0.4, -0.2) is 5.78 Å². The maximum absolute atomic E-state index is 11.9. The van der Waals surface area contributed by atoms with Gasteiger partial charge in [-0.25, -0.2) is 0 Å². The zero-order valence-corrected chi connectivity index (χ0v) is 12.5. The van der Waals surface area contributed by atoms with Crippen LogP contribution in [0.25, 0.3) is 0 Å². The second-order valence-corrected chi connectivity index (χ2v) is 6.32. The van der Waals surface area contributed by atoms with Gasteiger partial charge in [0, 0.05) is 27.3 Å². The Labute approximate surface area is 123 Å². The molecule has 0 saturated carbocycles. The molecule has 1 aliphatic carbocycles. The molecule has 20 heavy (non-hydrogen) atoms. The number of carbonyl (C=O) groups is 1. The largest absolute Gasteiger partial charge is 0.488 e. The van der Waals surface area contributed by atoms with Gasteiger partial charge in [0.1, 0.15) is 12.4 Å². The molecule has 0 bridgehead atoms. The topological polar surface area (TPSA) is 26.3 Å². The van der Waals surface area contributed by atoms with E-state index in [9.17, 15) is 4.79 Å². The second kappa shape index (κ2) is 5.80. The second-order valence-electron chi connectivity index (χ2n) is 5.07. The minimum absolute atomic E-state index is 0.251. The number of ether oxygens (including phenoxy) is 1. The summed E-state index contributed by atoms with van der Waals surface area (Å²) in [6.45, 7) is 2.75. The Balaban J connectivity index is 1.77. The summed E-state index contributed by atoms with van der Waals surface area (Å²) in [6.07, 6.45) is 3.62. The van der Waals surface area contributed by atoms with Gasteiger partial charge in [0.15, 0.2) is 5.78 Å². The molecule has 1 aliphatic rings. The van der Waals surface area contributed by atoms with Crippen LogP contribution < -0.4 is 4.74 Å². The van der Waals surface area contributed by atoms with E-state index in [0.717, 1.165) is 36.1 Å². The van der Waals surface area contributed by atoms with Crippen LogP contribution in [0.15, 0.2) is 30.3 Å². The van der Waals surface area contributed by atoms with Gasteiger partial charge >= 0.3 is 0 Å². The van der Waals surface area contributed by atoms with Crippen LogP contribution in [0.5, 0.6) is 5.75 Å². The number of carbonyl (C=O) groups excluding carboxylic acids is 1. The van der Waals surface area contributed by atoms with Gasteiger partial charge in [-0.3, -0.25) is 4.79 Å². The summed E-state index contributed by atoms with van der Waals surface area (Å²) in [5.74, 6) is 1.13. The predicted octanol–water partition coefficient (Wildman–Crippen LogP) is 4.41.